The third kappa shape index (κ3) is 3.12. The van der Waals surface area contributed by atoms with Gasteiger partial charge in [0.05, 0.1) is 17.7 Å². The molecule has 0 aliphatic heterocycles. The first-order chi connectivity index (χ1) is 8.34. The number of amides is 1. The highest BCUT2D eigenvalue weighted by Crippen LogP contribution is 2.20. The monoisotopic (exact) mass is 253 g/mol. The van der Waals surface area contributed by atoms with E-state index in [1.807, 2.05) is 13.8 Å². The second kappa shape index (κ2) is 5.71. The third-order valence-electron chi connectivity index (χ3n) is 2.96. The van der Waals surface area contributed by atoms with Gasteiger partial charge in [-0.1, -0.05) is 13.8 Å². The van der Waals surface area contributed by atoms with Gasteiger partial charge in [0.15, 0.2) is 0 Å². The van der Waals surface area contributed by atoms with Crippen LogP contribution >= 0.6 is 0 Å². The van der Waals surface area contributed by atoms with E-state index < -0.39 is 17.9 Å². The summed E-state index contributed by atoms with van der Waals surface area (Å²) in [5, 5.41) is 11.5. The van der Waals surface area contributed by atoms with Gasteiger partial charge in [-0.2, -0.15) is 0 Å². The van der Waals surface area contributed by atoms with Crippen molar-refractivity contribution < 1.29 is 19.1 Å². The maximum Gasteiger partial charge on any atom is 0.308 e. The molecule has 1 aromatic rings. The van der Waals surface area contributed by atoms with Gasteiger partial charge < -0.3 is 14.8 Å². The van der Waals surface area contributed by atoms with E-state index in [0.717, 1.165) is 0 Å². The van der Waals surface area contributed by atoms with Crippen molar-refractivity contribution in [3.05, 3.63) is 23.7 Å². The first-order valence-electron chi connectivity index (χ1n) is 5.95. The molecule has 0 aliphatic rings. The summed E-state index contributed by atoms with van der Waals surface area (Å²) in [6.07, 6.45) is 1.47. The molecule has 5 heteroatoms. The van der Waals surface area contributed by atoms with E-state index in [-0.39, 0.29) is 11.8 Å². The van der Waals surface area contributed by atoms with Gasteiger partial charge in [-0.25, -0.2) is 0 Å². The van der Waals surface area contributed by atoms with Gasteiger partial charge >= 0.3 is 5.97 Å². The van der Waals surface area contributed by atoms with E-state index in [1.165, 1.54) is 6.26 Å². The fraction of sp³-hybridized carbons (Fsp3) is 0.538. The predicted molar refractivity (Wildman–Crippen MR) is 66.5 cm³/mol. The summed E-state index contributed by atoms with van der Waals surface area (Å²) in [6, 6.07) is 1.16. The van der Waals surface area contributed by atoms with E-state index in [9.17, 15) is 9.59 Å². The van der Waals surface area contributed by atoms with Gasteiger partial charge in [0, 0.05) is 12.0 Å². The van der Waals surface area contributed by atoms with Gasteiger partial charge in [0.1, 0.15) is 5.76 Å². The van der Waals surface area contributed by atoms with E-state index >= 15 is 0 Å². The lowest BCUT2D eigenvalue weighted by molar-refractivity contribution is -0.141. The smallest absolute Gasteiger partial charge is 0.308 e. The summed E-state index contributed by atoms with van der Waals surface area (Å²) in [5.74, 6) is -1.15. The molecule has 5 nitrogen and oxygen atoms in total. The molecule has 0 bridgehead atoms. The number of carboxylic acid groups (broad SMARTS) is 1. The molecule has 2 unspecified atom stereocenters. The van der Waals surface area contributed by atoms with Crippen LogP contribution in [0.5, 0.6) is 0 Å². The number of rotatable bonds is 5. The summed E-state index contributed by atoms with van der Waals surface area (Å²) in [5.41, 5.74) is 0.467. The van der Waals surface area contributed by atoms with Crippen LogP contribution in [0, 0.1) is 5.92 Å². The van der Waals surface area contributed by atoms with Crippen LogP contribution in [0.1, 0.15) is 49.7 Å². The van der Waals surface area contributed by atoms with Crippen molar-refractivity contribution in [1.29, 1.82) is 0 Å². The van der Waals surface area contributed by atoms with Crippen LogP contribution in [0.15, 0.2) is 16.7 Å². The van der Waals surface area contributed by atoms with Crippen molar-refractivity contribution in [3.63, 3.8) is 0 Å². The van der Waals surface area contributed by atoms with Crippen molar-refractivity contribution in [2.24, 2.45) is 5.92 Å². The van der Waals surface area contributed by atoms with Crippen molar-refractivity contribution in [1.82, 2.24) is 5.32 Å². The Balaban J connectivity index is 2.77. The molecule has 18 heavy (non-hydrogen) atoms. The highest BCUT2D eigenvalue weighted by molar-refractivity contribution is 5.95. The van der Waals surface area contributed by atoms with E-state index in [4.69, 9.17) is 9.52 Å². The average molecular weight is 253 g/mol. The minimum absolute atomic E-state index is 0.105. The van der Waals surface area contributed by atoms with Crippen LogP contribution in [0.4, 0.5) is 0 Å². The number of hydrogen-bond donors (Lipinski definition) is 2. The zero-order valence-electron chi connectivity index (χ0n) is 11.1. The molecule has 2 N–H and O–H groups in total. The number of nitrogens with one attached hydrogen (secondary N) is 1. The van der Waals surface area contributed by atoms with Gasteiger partial charge in [0.25, 0.3) is 5.91 Å². The van der Waals surface area contributed by atoms with E-state index in [2.05, 4.69) is 5.32 Å². The van der Waals surface area contributed by atoms with Crippen LogP contribution in [0.2, 0.25) is 0 Å². The molecule has 2 atom stereocenters. The minimum Gasteiger partial charge on any atom is -0.481 e. The van der Waals surface area contributed by atoms with Crippen LogP contribution in [0.3, 0.4) is 0 Å². The number of aliphatic carboxylic acids is 1. The highest BCUT2D eigenvalue weighted by Gasteiger charge is 2.24. The fourth-order valence-corrected chi connectivity index (χ4v) is 1.58. The van der Waals surface area contributed by atoms with E-state index in [0.29, 0.717) is 11.3 Å². The Morgan fingerprint density at radius 3 is 2.39 bits per heavy atom. The predicted octanol–water partition coefficient (Wildman–Crippen LogP) is 2.24. The maximum atomic E-state index is 12.0. The molecule has 0 saturated heterocycles. The third-order valence-corrected chi connectivity index (χ3v) is 2.96. The molecule has 1 rings (SSSR count). The maximum absolute atomic E-state index is 12.0. The van der Waals surface area contributed by atoms with Crippen molar-refractivity contribution >= 4 is 11.9 Å². The summed E-state index contributed by atoms with van der Waals surface area (Å²) in [4.78, 5) is 22.8. The Morgan fingerprint density at radius 2 is 1.89 bits per heavy atom. The average Bonchev–Trinajstić information content (AvgIpc) is 2.76. The largest absolute Gasteiger partial charge is 0.481 e. The Hall–Kier alpha value is -1.78. The zero-order valence-corrected chi connectivity index (χ0v) is 11.1. The van der Waals surface area contributed by atoms with Crippen molar-refractivity contribution in [2.45, 2.75) is 39.7 Å². The molecule has 0 radical (unpaired) electrons. The summed E-state index contributed by atoms with van der Waals surface area (Å²) < 4.78 is 5.26. The molecule has 1 aromatic heterocycles. The lowest BCUT2D eigenvalue weighted by Crippen LogP contribution is -2.40. The highest BCUT2D eigenvalue weighted by atomic mass is 16.4. The lowest BCUT2D eigenvalue weighted by atomic mass is 10.0. The van der Waals surface area contributed by atoms with Crippen molar-refractivity contribution in [2.75, 3.05) is 0 Å². The Labute approximate surface area is 106 Å². The van der Waals surface area contributed by atoms with Crippen LogP contribution in [0.25, 0.3) is 0 Å². The first-order valence-corrected chi connectivity index (χ1v) is 5.95. The molecule has 0 fully saturated rings. The quantitative estimate of drug-likeness (QED) is 0.843. The lowest BCUT2D eigenvalue weighted by Gasteiger charge is -2.17. The normalized spacial score (nSPS) is 14.3. The van der Waals surface area contributed by atoms with E-state index in [1.54, 1.807) is 19.9 Å². The molecule has 0 spiro atoms. The molecular formula is C13H19NO4. The Morgan fingerprint density at radius 1 is 1.28 bits per heavy atom. The van der Waals surface area contributed by atoms with Gasteiger partial charge in [-0.3, -0.25) is 9.59 Å². The second-order valence-electron chi connectivity index (χ2n) is 4.74. The number of carbonyl (C=O) groups excluding carboxylic acids is 1. The van der Waals surface area contributed by atoms with Crippen LogP contribution in [-0.4, -0.2) is 23.0 Å². The minimum atomic E-state index is -0.931. The van der Waals surface area contributed by atoms with Gasteiger partial charge in [0.2, 0.25) is 0 Å². The zero-order chi connectivity index (χ0) is 13.9. The van der Waals surface area contributed by atoms with Crippen LogP contribution < -0.4 is 5.32 Å². The molecule has 0 saturated carbocycles. The number of carbonyl (C=O) groups is 2. The summed E-state index contributed by atoms with van der Waals surface area (Å²) >= 11 is 0. The SMILES string of the molecule is CC(C)c1occc1C(=O)NC(C)C(C)C(=O)O. The molecule has 0 aromatic carbocycles. The number of furan rings is 1. The van der Waals surface area contributed by atoms with Gasteiger partial charge in [-0.05, 0) is 19.9 Å². The number of carboxylic acids is 1. The molecular weight excluding hydrogens is 234 g/mol. The van der Waals surface area contributed by atoms with Crippen LogP contribution in [-0.2, 0) is 4.79 Å². The van der Waals surface area contributed by atoms with Gasteiger partial charge in [-0.15, -0.1) is 0 Å². The molecule has 0 aliphatic carbocycles. The number of hydrogen-bond acceptors (Lipinski definition) is 3. The Kier molecular flexibility index (Phi) is 4.53. The fourth-order valence-electron chi connectivity index (χ4n) is 1.58. The summed E-state index contributed by atoms with van der Waals surface area (Å²) in [6.45, 7) is 7.09. The molecule has 1 amide bonds. The second-order valence-corrected chi connectivity index (χ2v) is 4.74. The standard InChI is InChI=1S/C13H19NO4/c1-7(2)11-10(5-6-18-11)12(15)14-9(4)8(3)13(16)17/h5-9H,1-4H3,(H,14,15)(H,16,17). The van der Waals surface area contributed by atoms with Crippen molar-refractivity contribution in [3.8, 4) is 0 Å². The molecule has 100 valence electrons. The Bertz CT molecular complexity index is 436. The molecule has 1 heterocycles. The first kappa shape index (κ1) is 14.3. The topological polar surface area (TPSA) is 79.5 Å². The summed E-state index contributed by atoms with van der Waals surface area (Å²) in [7, 11) is 0.